The fourth-order valence-electron chi connectivity index (χ4n) is 3.70. The second-order valence-electron chi connectivity index (χ2n) is 6.83. The second-order valence-corrected chi connectivity index (χ2v) is 8.80. The normalized spacial score (nSPS) is 21.0. The number of rotatable bonds is 4. The Morgan fingerprint density at radius 3 is 2.24 bits per heavy atom. The smallest absolute Gasteiger partial charge is 0.243 e. The van der Waals surface area contributed by atoms with Crippen molar-refractivity contribution in [2.45, 2.75) is 31.4 Å². The summed E-state index contributed by atoms with van der Waals surface area (Å²) in [5.74, 6) is -0.142. The van der Waals surface area contributed by atoms with Gasteiger partial charge in [-0.1, -0.05) is 43.2 Å². The third kappa shape index (κ3) is 3.70. The standard InChI is InChI=1S/C18H23N3O3S/c19-15-18(8-4-5-9-18)17(22)20-10-12-21(13-11-20)25(23,24)14-16-6-2-1-3-7-16/h1-3,6-7H,4-5,8-14H2. The lowest BCUT2D eigenvalue weighted by Gasteiger charge is -2.37. The molecule has 25 heavy (non-hydrogen) atoms. The number of nitriles is 1. The molecular weight excluding hydrogens is 338 g/mol. The summed E-state index contributed by atoms with van der Waals surface area (Å²) >= 11 is 0. The minimum Gasteiger partial charge on any atom is -0.339 e. The van der Waals surface area contributed by atoms with E-state index in [1.165, 1.54) is 4.31 Å². The van der Waals surface area contributed by atoms with Gasteiger partial charge >= 0.3 is 0 Å². The fourth-order valence-corrected chi connectivity index (χ4v) is 5.22. The van der Waals surface area contributed by atoms with Crippen molar-refractivity contribution in [2.75, 3.05) is 26.2 Å². The summed E-state index contributed by atoms with van der Waals surface area (Å²) in [6.07, 6.45) is 3.05. The summed E-state index contributed by atoms with van der Waals surface area (Å²) in [6, 6.07) is 11.3. The second kappa shape index (κ2) is 7.14. The van der Waals surface area contributed by atoms with E-state index in [4.69, 9.17) is 0 Å². The zero-order valence-corrected chi connectivity index (χ0v) is 15.0. The number of carbonyl (C=O) groups excluding carboxylic acids is 1. The first-order valence-corrected chi connectivity index (χ1v) is 10.3. The summed E-state index contributed by atoms with van der Waals surface area (Å²) in [5, 5.41) is 9.46. The number of piperazine rings is 1. The molecule has 0 bridgehead atoms. The Balaban J connectivity index is 1.62. The zero-order valence-electron chi connectivity index (χ0n) is 14.2. The predicted octanol–water partition coefficient (Wildman–Crippen LogP) is 1.74. The molecule has 0 unspecified atom stereocenters. The van der Waals surface area contributed by atoms with Crippen molar-refractivity contribution in [2.24, 2.45) is 5.41 Å². The third-order valence-electron chi connectivity index (χ3n) is 5.19. The van der Waals surface area contributed by atoms with Crippen molar-refractivity contribution in [3.05, 3.63) is 35.9 Å². The van der Waals surface area contributed by atoms with Crippen LogP contribution < -0.4 is 0 Å². The Bertz CT molecular complexity index is 757. The van der Waals surface area contributed by atoms with E-state index in [2.05, 4.69) is 6.07 Å². The van der Waals surface area contributed by atoms with Gasteiger partial charge in [0.05, 0.1) is 11.8 Å². The molecule has 0 atom stereocenters. The molecule has 1 aromatic rings. The van der Waals surface area contributed by atoms with Gasteiger partial charge in [-0.2, -0.15) is 9.57 Å². The number of benzene rings is 1. The Morgan fingerprint density at radius 2 is 1.68 bits per heavy atom. The van der Waals surface area contributed by atoms with E-state index in [9.17, 15) is 18.5 Å². The van der Waals surface area contributed by atoms with Gasteiger partial charge in [0.15, 0.2) is 0 Å². The van der Waals surface area contributed by atoms with E-state index in [1.807, 2.05) is 18.2 Å². The van der Waals surface area contributed by atoms with Crippen LogP contribution >= 0.6 is 0 Å². The highest BCUT2D eigenvalue weighted by molar-refractivity contribution is 7.88. The summed E-state index contributed by atoms with van der Waals surface area (Å²) in [5.41, 5.74) is -0.124. The lowest BCUT2D eigenvalue weighted by Crippen LogP contribution is -2.53. The molecule has 6 nitrogen and oxygen atoms in total. The fraction of sp³-hybridized carbons (Fsp3) is 0.556. The van der Waals surface area contributed by atoms with Gasteiger partial charge in [0.25, 0.3) is 0 Å². The molecule has 1 aromatic carbocycles. The molecule has 2 aliphatic rings. The first kappa shape index (κ1) is 17.9. The van der Waals surface area contributed by atoms with Crippen LogP contribution in [0.25, 0.3) is 0 Å². The Kier molecular flexibility index (Phi) is 5.11. The van der Waals surface area contributed by atoms with Crippen LogP contribution in [-0.4, -0.2) is 49.7 Å². The van der Waals surface area contributed by atoms with Crippen molar-refractivity contribution >= 4 is 15.9 Å². The van der Waals surface area contributed by atoms with Crippen molar-refractivity contribution in [3.63, 3.8) is 0 Å². The summed E-state index contributed by atoms with van der Waals surface area (Å²) < 4.78 is 26.6. The minimum absolute atomic E-state index is 0.0239. The van der Waals surface area contributed by atoms with Gasteiger partial charge in [0.2, 0.25) is 15.9 Å². The molecule has 134 valence electrons. The number of carbonyl (C=O) groups is 1. The molecule has 1 amide bonds. The molecule has 1 heterocycles. The predicted molar refractivity (Wildman–Crippen MR) is 93.7 cm³/mol. The number of amides is 1. The van der Waals surface area contributed by atoms with Crippen LogP contribution in [0.1, 0.15) is 31.2 Å². The topological polar surface area (TPSA) is 81.5 Å². The highest BCUT2D eigenvalue weighted by Crippen LogP contribution is 2.39. The maximum Gasteiger partial charge on any atom is 0.243 e. The van der Waals surface area contributed by atoms with E-state index in [1.54, 1.807) is 17.0 Å². The first-order chi connectivity index (χ1) is 12.0. The Labute approximate surface area is 149 Å². The maximum atomic E-state index is 12.7. The van der Waals surface area contributed by atoms with Crippen LogP contribution in [0.3, 0.4) is 0 Å². The average molecular weight is 361 g/mol. The van der Waals surface area contributed by atoms with Crippen LogP contribution in [0.5, 0.6) is 0 Å². The van der Waals surface area contributed by atoms with Gasteiger partial charge in [-0.25, -0.2) is 8.42 Å². The number of hydrogen-bond acceptors (Lipinski definition) is 4. The van der Waals surface area contributed by atoms with Crippen LogP contribution in [0.4, 0.5) is 0 Å². The van der Waals surface area contributed by atoms with Crippen LogP contribution in [-0.2, 0) is 20.6 Å². The Hall–Kier alpha value is -1.91. The zero-order chi connectivity index (χ0) is 17.9. The quantitative estimate of drug-likeness (QED) is 0.818. The molecule has 7 heteroatoms. The lowest BCUT2D eigenvalue weighted by molar-refractivity contribution is -0.140. The Morgan fingerprint density at radius 1 is 1.08 bits per heavy atom. The molecule has 0 aromatic heterocycles. The number of hydrogen-bond donors (Lipinski definition) is 0. The van der Waals surface area contributed by atoms with E-state index >= 15 is 0 Å². The van der Waals surface area contributed by atoms with Crippen molar-refractivity contribution in [1.29, 1.82) is 5.26 Å². The minimum atomic E-state index is -3.39. The van der Waals surface area contributed by atoms with E-state index < -0.39 is 15.4 Å². The maximum absolute atomic E-state index is 12.7. The molecule has 0 N–H and O–H groups in total. The molecule has 0 radical (unpaired) electrons. The molecule has 2 fully saturated rings. The molecule has 1 aliphatic carbocycles. The summed E-state index contributed by atoms with van der Waals surface area (Å²) in [7, 11) is -3.39. The third-order valence-corrected chi connectivity index (χ3v) is 7.04. The van der Waals surface area contributed by atoms with E-state index in [0.717, 1.165) is 18.4 Å². The van der Waals surface area contributed by atoms with Gasteiger partial charge in [-0.15, -0.1) is 0 Å². The highest BCUT2D eigenvalue weighted by atomic mass is 32.2. The van der Waals surface area contributed by atoms with Gasteiger partial charge in [-0.3, -0.25) is 4.79 Å². The summed E-state index contributed by atoms with van der Waals surface area (Å²) in [6.45, 7) is 1.30. The van der Waals surface area contributed by atoms with Crippen molar-refractivity contribution in [3.8, 4) is 6.07 Å². The van der Waals surface area contributed by atoms with Gasteiger partial charge in [-0.05, 0) is 18.4 Å². The first-order valence-electron chi connectivity index (χ1n) is 8.69. The molecule has 1 aliphatic heterocycles. The average Bonchev–Trinajstić information content (AvgIpc) is 3.12. The van der Waals surface area contributed by atoms with Crippen LogP contribution in [0.15, 0.2) is 30.3 Å². The molecule has 1 saturated carbocycles. The van der Waals surface area contributed by atoms with Gasteiger partial charge in [0.1, 0.15) is 5.41 Å². The van der Waals surface area contributed by atoms with E-state index in [-0.39, 0.29) is 11.7 Å². The van der Waals surface area contributed by atoms with E-state index in [0.29, 0.717) is 39.0 Å². The molecule has 3 rings (SSSR count). The highest BCUT2D eigenvalue weighted by Gasteiger charge is 2.45. The molecule has 0 spiro atoms. The van der Waals surface area contributed by atoms with Crippen LogP contribution in [0, 0.1) is 16.7 Å². The van der Waals surface area contributed by atoms with Gasteiger partial charge in [0, 0.05) is 26.2 Å². The largest absolute Gasteiger partial charge is 0.339 e. The van der Waals surface area contributed by atoms with Crippen LogP contribution in [0.2, 0.25) is 0 Å². The molecule has 1 saturated heterocycles. The summed E-state index contributed by atoms with van der Waals surface area (Å²) in [4.78, 5) is 14.4. The number of nitrogens with zero attached hydrogens (tertiary/aromatic N) is 3. The van der Waals surface area contributed by atoms with Crippen molar-refractivity contribution < 1.29 is 13.2 Å². The number of sulfonamides is 1. The lowest BCUT2D eigenvalue weighted by atomic mass is 9.86. The van der Waals surface area contributed by atoms with Gasteiger partial charge < -0.3 is 4.90 Å². The monoisotopic (exact) mass is 361 g/mol. The molecular formula is C18H23N3O3S. The van der Waals surface area contributed by atoms with Crippen molar-refractivity contribution in [1.82, 2.24) is 9.21 Å². The SMILES string of the molecule is N#CC1(C(=O)N2CCN(S(=O)(=O)Cc3ccccc3)CC2)CCCC1.